The van der Waals surface area contributed by atoms with Gasteiger partial charge in [-0.25, -0.2) is 0 Å². The van der Waals surface area contributed by atoms with E-state index in [1.54, 1.807) is 0 Å². The van der Waals surface area contributed by atoms with Gasteiger partial charge in [-0.15, -0.1) is 11.8 Å². The average molecular weight is 542 g/mol. The lowest BCUT2D eigenvalue weighted by atomic mass is 9.90. The van der Waals surface area contributed by atoms with Crippen molar-refractivity contribution in [3.05, 3.63) is 99.8 Å². The van der Waals surface area contributed by atoms with Crippen molar-refractivity contribution in [1.82, 2.24) is 15.0 Å². The third kappa shape index (κ3) is 3.98. The van der Waals surface area contributed by atoms with Crippen LogP contribution in [0, 0.1) is 0 Å². The number of rotatable bonds is 6. The molecule has 1 aliphatic rings. The van der Waals surface area contributed by atoms with E-state index < -0.39 is 0 Å². The van der Waals surface area contributed by atoms with Crippen molar-refractivity contribution in [3.63, 3.8) is 0 Å². The predicted octanol–water partition coefficient (Wildman–Crippen LogP) is 7.03. The molecule has 1 aliphatic carbocycles. The number of allylic oxidation sites excluding steroid dienone is 3. The average Bonchev–Trinajstić information content (AvgIpc) is 3.65. The Labute approximate surface area is 239 Å². The number of H-pyrrole nitrogens is 3. The lowest BCUT2D eigenvalue weighted by Gasteiger charge is -2.16. The number of fused-ring (bicyclic) bond motifs is 3. The zero-order chi connectivity index (χ0) is 28.5. The molecule has 3 N–H and O–H groups in total. The molecule has 3 nitrogen and oxygen atoms in total. The van der Waals surface area contributed by atoms with Crippen molar-refractivity contribution in [3.8, 4) is 11.1 Å². The quantitative estimate of drug-likeness (QED) is 0.212. The summed E-state index contributed by atoms with van der Waals surface area (Å²) in [4.78, 5) is 12.4. The lowest BCUT2D eigenvalue weighted by molar-refractivity contribution is 1.06. The summed E-state index contributed by atoms with van der Waals surface area (Å²) in [7, 11) is 0. The van der Waals surface area contributed by atoms with Crippen molar-refractivity contribution >= 4 is 73.9 Å². The van der Waals surface area contributed by atoms with Crippen LogP contribution in [0.3, 0.4) is 0 Å². The number of aromatic nitrogens is 3. The topological polar surface area (TPSA) is 47.4 Å². The van der Waals surface area contributed by atoms with Gasteiger partial charge in [0.05, 0.1) is 16.4 Å². The van der Waals surface area contributed by atoms with E-state index in [-0.39, 0.29) is 0 Å². The molecule has 3 heterocycles. The van der Waals surface area contributed by atoms with Crippen LogP contribution in [0.1, 0.15) is 56.3 Å². The van der Waals surface area contributed by atoms with Crippen LogP contribution in [-0.4, -0.2) is 21.2 Å². The highest BCUT2D eigenvalue weighted by Crippen LogP contribution is 2.38. The first-order valence-electron chi connectivity index (χ1n) is 13.6. The van der Waals surface area contributed by atoms with E-state index in [1.807, 2.05) is 25.6 Å². The van der Waals surface area contributed by atoms with Gasteiger partial charge in [0.2, 0.25) is 0 Å². The van der Waals surface area contributed by atoms with Crippen LogP contribution in [0.4, 0.5) is 0 Å². The van der Waals surface area contributed by atoms with Crippen molar-refractivity contribution in [1.29, 1.82) is 0 Å². The molecular weight excluding hydrogens is 506 g/mol. The lowest BCUT2D eigenvalue weighted by Crippen LogP contribution is -2.30. The second-order valence-electron chi connectivity index (χ2n) is 11.1. The van der Waals surface area contributed by atoms with Crippen LogP contribution in [-0.2, 0) is 0 Å². The fraction of sp³-hybridized carbons (Fsp3) is 0.167. The molecule has 0 fully saturated rings. The molecule has 200 valence electrons. The first-order chi connectivity index (χ1) is 19.1. The number of aromatic amines is 3. The van der Waals surface area contributed by atoms with Gasteiger partial charge in [-0.3, -0.25) is 0 Å². The number of hydrogen-bond donors (Lipinski definition) is 3. The van der Waals surface area contributed by atoms with E-state index in [0.29, 0.717) is 0 Å². The van der Waals surface area contributed by atoms with Gasteiger partial charge >= 0.3 is 0 Å². The minimum Gasteiger partial charge on any atom is -0.354 e. The van der Waals surface area contributed by atoms with Crippen LogP contribution in [0.25, 0.3) is 73.3 Å². The molecule has 0 bridgehead atoms. The monoisotopic (exact) mass is 541 g/mol. The minimum atomic E-state index is 0.925. The van der Waals surface area contributed by atoms with E-state index >= 15 is 0 Å². The fourth-order valence-electron chi connectivity index (χ4n) is 5.95. The third-order valence-corrected chi connectivity index (χ3v) is 9.06. The van der Waals surface area contributed by atoms with Crippen molar-refractivity contribution in [2.45, 2.75) is 33.6 Å². The zero-order valence-corrected chi connectivity index (χ0v) is 24.6. The first kappa shape index (κ1) is 26.1. The largest absolute Gasteiger partial charge is 0.354 e. The second-order valence-corrected chi connectivity index (χ2v) is 12.0. The molecule has 0 saturated carbocycles. The molecule has 0 saturated heterocycles. The first-order valence-corrected chi connectivity index (χ1v) is 14.8. The molecule has 0 unspecified atom stereocenters. The zero-order valence-electron chi connectivity index (χ0n) is 23.8. The Hall–Kier alpha value is -4.15. The second kappa shape index (κ2) is 9.50. The standard InChI is InChI=1S/C36H35N3S/c1-18(2)29-15-23-14-21(7)22(8)33(34(23)37-29)25-10-11-26(35-28(25)17-30(38-35)19(3)4)24-12-13-32(40-9)36-27(24)16-31(39-36)20(5)6/h10-11,14-17,37-39H,1,3,5,7-8,12-13H2,2,4,6,9H3. The predicted molar refractivity (Wildman–Crippen MR) is 179 cm³/mol. The Balaban J connectivity index is 1.72. The summed E-state index contributed by atoms with van der Waals surface area (Å²) in [5.74, 6) is 0. The molecular formula is C36H35N3S. The van der Waals surface area contributed by atoms with Crippen LogP contribution < -0.4 is 21.0 Å². The molecule has 3 aromatic heterocycles. The third-order valence-electron chi connectivity index (χ3n) is 8.16. The highest BCUT2D eigenvalue weighted by Gasteiger charge is 2.21. The van der Waals surface area contributed by atoms with Crippen LogP contribution in [0.2, 0.25) is 0 Å². The SMILES string of the molecule is C=C(C)c1cc2c([nH]1)=C(SC)CCC=2c1ccc(-c2c(=C)c(=C)cc3cc(C(=C)C)[nH]c23)c2cc(C(=C)C)[nH]c12. The number of nitrogens with one attached hydrogen (secondary N) is 3. The summed E-state index contributed by atoms with van der Waals surface area (Å²) >= 11 is 1.83. The highest BCUT2D eigenvalue weighted by molar-refractivity contribution is 8.07. The number of benzene rings is 2. The summed E-state index contributed by atoms with van der Waals surface area (Å²) in [6, 6.07) is 13.3. The molecule has 40 heavy (non-hydrogen) atoms. The Morgan fingerprint density at radius 1 is 0.750 bits per heavy atom. The van der Waals surface area contributed by atoms with E-state index in [0.717, 1.165) is 90.0 Å². The van der Waals surface area contributed by atoms with Crippen molar-refractivity contribution in [2.24, 2.45) is 0 Å². The molecule has 4 heteroatoms. The van der Waals surface area contributed by atoms with Crippen LogP contribution in [0.5, 0.6) is 0 Å². The molecule has 0 amide bonds. The Bertz CT molecular complexity index is 2160. The normalized spacial score (nSPS) is 13.3. The number of hydrogen-bond acceptors (Lipinski definition) is 1. The maximum absolute atomic E-state index is 4.47. The Kier molecular flexibility index (Phi) is 6.19. The maximum atomic E-state index is 4.47. The fourth-order valence-corrected chi connectivity index (χ4v) is 6.62. The highest BCUT2D eigenvalue weighted by atomic mass is 32.2. The number of thioether (sulfide) groups is 1. The molecule has 2 aromatic carbocycles. The van der Waals surface area contributed by atoms with E-state index in [2.05, 4.69) is 97.4 Å². The van der Waals surface area contributed by atoms with Gasteiger partial charge in [0.15, 0.2) is 0 Å². The van der Waals surface area contributed by atoms with Gasteiger partial charge in [-0.05, 0) is 102 Å². The molecule has 0 aliphatic heterocycles. The van der Waals surface area contributed by atoms with E-state index in [1.165, 1.54) is 26.6 Å². The summed E-state index contributed by atoms with van der Waals surface area (Å²) in [6.45, 7) is 27.5. The molecule has 0 atom stereocenters. The summed E-state index contributed by atoms with van der Waals surface area (Å²) in [5, 5.41) is 6.62. The molecule has 0 spiro atoms. The summed E-state index contributed by atoms with van der Waals surface area (Å²) < 4.78 is 0. The van der Waals surface area contributed by atoms with Crippen molar-refractivity contribution in [2.75, 3.05) is 6.26 Å². The summed E-state index contributed by atoms with van der Waals surface area (Å²) in [5.41, 5.74) is 13.2. The van der Waals surface area contributed by atoms with Gasteiger partial charge in [0.1, 0.15) is 0 Å². The molecule has 0 radical (unpaired) electrons. The van der Waals surface area contributed by atoms with Gasteiger partial charge < -0.3 is 15.0 Å². The van der Waals surface area contributed by atoms with Gasteiger partial charge in [0, 0.05) is 49.1 Å². The minimum absolute atomic E-state index is 0.925. The molecule has 5 aromatic rings. The van der Waals surface area contributed by atoms with Crippen molar-refractivity contribution < 1.29 is 0 Å². The van der Waals surface area contributed by atoms with Gasteiger partial charge in [-0.2, -0.15) is 0 Å². The molecule has 6 rings (SSSR count). The van der Waals surface area contributed by atoms with Gasteiger partial charge in [-0.1, -0.05) is 45.0 Å². The van der Waals surface area contributed by atoms with Crippen LogP contribution >= 0.6 is 11.8 Å². The van der Waals surface area contributed by atoms with E-state index in [9.17, 15) is 0 Å². The smallest absolute Gasteiger partial charge is 0.0558 e. The Morgan fingerprint density at radius 2 is 1.38 bits per heavy atom. The van der Waals surface area contributed by atoms with Gasteiger partial charge in [0.25, 0.3) is 0 Å². The Morgan fingerprint density at radius 3 is 2.05 bits per heavy atom. The van der Waals surface area contributed by atoms with E-state index in [4.69, 9.17) is 0 Å². The van der Waals surface area contributed by atoms with Crippen LogP contribution in [0.15, 0.2) is 56.1 Å². The maximum Gasteiger partial charge on any atom is 0.0558 e. The summed E-state index contributed by atoms with van der Waals surface area (Å²) in [6.07, 6.45) is 4.15.